The zero-order valence-corrected chi connectivity index (χ0v) is 18.9. The lowest BCUT2D eigenvalue weighted by molar-refractivity contribution is 0.152. The number of pyridine rings is 1. The minimum Gasteiger partial charge on any atom is -0.448 e. The zero-order chi connectivity index (χ0) is 22.8. The number of halogens is 1. The summed E-state index contributed by atoms with van der Waals surface area (Å²) in [6, 6.07) is 10.1. The first kappa shape index (κ1) is 21.5. The predicted molar refractivity (Wildman–Crippen MR) is 126 cm³/mol. The van der Waals surface area contributed by atoms with Crippen LogP contribution in [0, 0.1) is 0 Å². The minimum absolute atomic E-state index is 0.0252. The maximum atomic E-state index is 13.3. The summed E-state index contributed by atoms with van der Waals surface area (Å²) in [6.07, 6.45) is 5.74. The average molecular weight is 469 g/mol. The molecule has 0 saturated heterocycles. The highest BCUT2D eigenvalue weighted by Gasteiger charge is 2.29. The van der Waals surface area contributed by atoms with E-state index in [9.17, 15) is 9.59 Å². The van der Waals surface area contributed by atoms with Crippen molar-refractivity contribution in [2.75, 3.05) is 19.0 Å². The van der Waals surface area contributed by atoms with Crippen molar-refractivity contribution >= 4 is 39.8 Å². The predicted octanol–water partition coefficient (Wildman–Crippen LogP) is 3.29. The molecule has 1 aliphatic rings. The highest BCUT2D eigenvalue weighted by atomic mass is 35.5. The van der Waals surface area contributed by atoms with Crippen LogP contribution in [-0.4, -0.2) is 48.8 Å². The molecule has 4 aromatic rings. The van der Waals surface area contributed by atoms with Gasteiger partial charge in [0.1, 0.15) is 12.4 Å². The monoisotopic (exact) mass is 468 g/mol. The number of benzene rings is 1. The number of fused-ring (bicyclic) bond motifs is 2. The van der Waals surface area contributed by atoms with E-state index in [1.807, 2.05) is 34.9 Å². The van der Waals surface area contributed by atoms with E-state index < -0.39 is 6.09 Å². The van der Waals surface area contributed by atoms with Gasteiger partial charge < -0.3 is 14.6 Å². The highest BCUT2D eigenvalue weighted by molar-refractivity contribution is 6.18. The molecule has 1 N–H and O–H groups in total. The number of nitrogens with one attached hydrogen (secondary N) is 1. The van der Waals surface area contributed by atoms with Crippen LogP contribution >= 0.6 is 11.6 Å². The summed E-state index contributed by atoms with van der Waals surface area (Å²) in [5.74, 6) is 1.06. The van der Waals surface area contributed by atoms with Crippen molar-refractivity contribution in [1.29, 1.82) is 0 Å². The van der Waals surface area contributed by atoms with E-state index in [1.165, 1.54) is 0 Å². The van der Waals surface area contributed by atoms with Gasteiger partial charge in [0, 0.05) is 25.3 Å². The van der Waals surface area contributed by atoms with Crippen LogP contribution in [-0.2, 0) is 17.8 Å². The fraction of sp³-hybridized carbons (Fsp3) is 0.391. The maximum absolute atomic E-state index is 13.3. The van der Waals surface area contributed by atoms with E-state index in [0.717, 1.165) is 40.7 Å². The van der Waals surface area contributed by atoms with E-state index in [1.54, 1.807) is 17.0 Å². The second kappa shape index (κ2) is 9.27. The lowest BCUT2D eigenvalue weighted by atomic mass is 10.3. The first-order chi connectivity index (χ1) is 16.2. The van der Waals surface area contributed by atoms with Gasteiger partial charge in [-0.1, -0.05) is 12.1 Å². The number of alkyl halides is 1. The number of ether oxygens (including phenoxy) is 1. The molecule has 10 heteroatoms. The summed E-state index contributed by atoms with van der Waals surface area (Å²) in [4.78, 5) is 34.0. The molecule has 172 valence electrons. The largest absolute Gasteiger partial charge is 0.448 e. The van der Waals surface area contributed by atoms with Crippen molar-refractivity contribution in [2.45, 2.75) is 38.4 Å². The Hall–Kier alpha value is -3.33. The minimum atomic E-state index is -0.474. The van der Waals surface area contributed by atoms with E-state index in [-0.39, 0.29) is 24.2 Å². The van der Waals surface area contributed by atoms with Crippen LogP contribution in [0.5, 0.6) is 0 Å². The molecule has 3 aromatic heterocycles. The van der Waals surface area contributed by atoms with Gasteiger partial charge in [-0.15, -0.1) is 11.6 Å². The Morgan fingerprint density at radius 2 is 2.00 bits per heavy atom. The Labute approximate surface area is 194 Å². The molecule has 33 heavy (non-hydrogen) atoms. The third-order valence-corrected chi connectivity index (χ3v) is 6.00. The van der Waals surface area contributed by atoms with Gasteiger partial charge in [0.2, 0.25) is 0 Å². The molecular formula is C23H25ClN6O3. The highest BCUT2D eigenvalue weighted by Crippen LogP contribution is 2.36. The van der Waals surface area contributed by atoms with Crippen LogP contribution in [0.2, 0.25) is 0 Å². The second-order valence-electron chi connectivity index (χ2n) is 8.11. The quantitative estimate of drug-likeness (QED) is 0.300. The molecule has 0 radical (unpaired) electrons. The third-order valence-electron chi connectivity index (χ3n) is 5.85. The lowest BCUT2D eigenvalue weighted by Crippen LogP contribution is -2.27. The van der Waals surface area contributed by atoms with Crippen LogP contribution in [0.3, 0.4) is 0 Å². The molecule has 0 aliphatic heterocycles. The van der Waals surface area contributed by atoms with Gasteiger partial charge in [-0.05, 0) is 37.5 Å². The standard InChI is InChI=1S/C23H25ClN6O3/c24-9-13-33-22(31)26-10-3-12-28-18-5-2-1-4-17(18)27-21(28)15-29-20-14-25-11-8-19(20)30(23(29)32)16-6-7-16/h1-2,4-5,8,11,14,16H,3,6-7,9-10,12-13,15H2,(H,26,31). The first-order valence-corrected chi connectivity index (χ1v) is 11.7. The van der Waals surface area contributed by atoms with Crippen LogP contribution in [0.25, 0.3) is 22.1 Å². The van der Waals surface area contributed by atoms with Crippen LogP contribution in [0.4, 0.5) is 4.79 Å². The number of imidazole rings is 2. The van der Waals surface area contributed by atoms with Gasteiger partial charge in [0.15, 0.2) is 0 Å². The number of aryl methyl sites for hydroxylation is 1. The summed E-state index contributed by atoms with van der Waals surface area (Å²) >= 11 is 5.54. The number of alkyl carbamates (subject to hydrolysis) is 1. The molecule has 1 aliphatic carbocycles. The molecule has 1 saturated carbocycles. The summed E-state index contributed by atoms with van der Waals surface area (Å²) in [7, 11) is 0. The Morgan fingerprint density at radius 1 is 1.15 bits per heavy atom. The van der Waals surface area contributed by atoms with E-state index in [4.69, 9.17) is 21.3 Å². The number of carbonyl (C=O) groups is 1. The van der Waals surface area contributed by atoms with E-state index in [2.05, 4.69) is 14.9 Å². The number of aromatic nitrogens is 5. The number of carbonyl (C=O) groups excluding carboxylic acids is 1. The van der Waals surface area contributed by atoms with Crippen molar-refractivity contribution in [1.82, 2.24) is 29.0 Å². The van der Waals surface area contributed by atoms with E-state index in [0.29, 0.717) is 26.1 Å². The number of para-hydroxylation sites is 2. The fourth-order valence-electron chi connectivity index (χ4n) is 4.21. The smallest absolute Gasteiger partial charge is 0.407 e. The molecule has 0 unspecified atom stereocenters. The number of hydrogen-bond donors (Lipinski definition) is 1. The fourth-order valence-corrected chi connectivity index (χ4v) is 4.29. The third kappa shape index (κ3) is 4.32. The van der Waals surface area contributed by atoms with Crippen molar-refractivity contribution in [2.24, 2.45) is 0 Å². The maximum Gasteiger partial charge on any atom is 0.407 e. The van der Waals surface area contributed by atoms with Gasteiger partial charge >= 0.3 is 11.8 Å². The van der Waals surface area contributed by atoms with Crippen molar-refractivity contribution < 1.29 is 9.53 Å². The van der Waals surface area contributed by atoms with Gasteiger partial charge in [-0.2, -0.15) is 0 Å². The zero-order valence-electron chi connectivity index (χ0n) is 18.1. The van der Waals surface area contributed by atoms with Crippen LogP contribution < -0.4 is 11.0 Å². The number of hydrogen-bond acceptors (Lipinski definition) is 5. The molecule has 1 fully saturated rings. The molecule has 1 aromatic carbocycles. The molecule has 3 heterocycles. The molecule has 1 amide bonds. The lowest BCUT2D eigenvalue weighted by Gasteiger charge is -2.11. The van der Waals surface area contributed by atoms with E-state index >= 15 is 0 Å². The second-order valence-corrected chi connectivity index (χ2v) is 8.49. The van der Waals surface area contributed by atoms with Gasteiger partial charge in [0.05, 0.1) is 40.7 Å². The van der Waals surface area contributed by atoms with Gasteiger partial charge in [0.25, 0.3) is 0 Å². The Bertz CT molecular complexity index is 1350. The van der Waals surface area contributed by atoms with Gasteiger partial charge in [-0.3, -0.25) is 14.1 Å². The SMILES string of the molecule is O=C(NCCCn1c(Cn2c(=O)n(C3CC3)c3ccncc32)nc2ccccc21)OCCCl. The van der Waals surface area contributed by atoms with Crippen molar-refractivity contribution in [3.05, 3.63) is 59.0 Å². The summed E-state index contributed by atoms with van der Waals surface area (Å²) < 4.78 is 10.7. The number of nitrogens with zero attached hydrogens (tertiary/aromatic N) is 5. The molecule has 5 rings (SSSR count). The first-order valence-electron chi connectivity index (χ1n) is 11.1. The normalized spacial score (nSPS) is 13.6. The Kier molecular flexibility index (Phi) is 6.04. The Morgan fingerprint density at radius 3 is 2.82 bits per heavy atom. The number of rotatable bonds is 9. The van der Waals surface area contributed by atoms with Gasteiger partial charge in [-0.25, -0.2) is 14.6 Å². The Balaban J connectivity index is 1.42. The molecular weight excluding hydrogens is 444 g/mol. The van der Waals surface area contributed by atoms with Crippen molar-refractivity contribution in [3.63, 3.8) is 0 Å². The topological polar surface area (TPSA) is 96.0 Å². The van der Waals surface area contributed by atoms with Crippen LogP contribution in [0.15, 0.2) is 47.5 Å². The molecule has 0 atom stereocenters. The summed E-state index contributed by atoms with van der Waals surface area (Å²) in [5.41, 5.74) is 3.58. The molecule has 0 spiro atoms. The van der Waals surface area contributed by atoms with Crippen molar-refractivity contribution in [3.8, 4) is 0 Å². The molecule has 9 nitrogen and oxygen atoms in total. The summed E-state index contributed by atoms with van der Waals surface area (Å²) in [5, 5.41) is 2.73. The molecule has 0 bridgehead atoms. The number of amides is 1. The van der Waals surface area contributed by atoms with Crippen LogP contribution in [0.1, 0.15) is 31.1 Å². The summed E-state index contributed by atoms with van der Waals surface area (Å²) in [6.45, 7) is 1.63. The average Bonchev–Trinajstić information content (AvgIpc) is 3.55.